The Morgan fingerprint density at radius 1 is 1.33 bits per heavy atom. The smallest absolute Gasteiger partial charge is 0.264 e. The SMILES string of the molecule is Cn1ncc2c(=O)n(CC(=O)NCCc3ccccc3F)cnc21. The molecule has 2 aromatic heterocycles. The Kier molecular flexibility index (Phi) is 4.37. The van der Waals surface area contributed by atoms with Gasteiger partial charge in [0.15, 0.2) is 5.65 Å². The molecule has 3 rings (SSSR count). The predicted octanol–water partition coefficient (Wildman–Crippen LogP) is 0.628. The number of carbonyl (C=O) groups is 1. The van der Waals surface area contributed by atoms with Gasteiger partial charge in [0.1, 0.15) is 24.1 Å². The second kappa shape index (κ2) is 6.61. The maximum absolute atomic E-state index is 13.5. The van der Waals surface area contributed by atoms with E-state index in [1.54, 1.807) is 25.2 Å². The molecule has 1 aromatic carbocycles. The molecular weight excluding hydrogens is 313 g/mol. The zero-order valence-corrected chi connectivity index (χ0v) is 13.1. The molecule has 0 fully saturated rings. The van der Waals surface area contributed by atoms with Crippen LogP contribution in [0.4, 0.5) is 4.39 Å². The highest BCUT2D eigenvalue weighted by Gasteiger charge is 2.10. The highest BCUT2D eigenvalue weighted by atomic mass is 19.1. The average molecular weight is 329 g/mol. The maximum atomic E-state index is 13.5. The van der Waals surface area contributed by atoms with E-state index >= 15 is 0 Å². The third-order valence-corrected chi connectivity index (χ3v) is 3.71. The van der Waals surface area contributed by atoms with E-state index < -0.39 is 0 Å². The minimum Gasteiger partial charge on any atom is -0.354 e. The summed E-state index contributed by atoms with van der Waals surface area (Å²) in [5, 5.41) is 7.01. The van der Waals surface area contributed by atoms with Crippen LogP contribution in [0.3, 0.4) is 0 Å². The fourth-order valence-corrected chi connectivity index (χ4v) is 2.43. The van der Waals surface area contributed by atoms with Crippen molar-refractivity contribution >= 4 is 16.9 Å². The number of hydrogen-bond donors (Lipinski definition) is 1. The summed E-state index contributed by atoms with van der Waals surface area (Å²) in [4.78, 5) is 28.4. The number of carbonyl (C=O) groups excluding carboxylic acids is 1. The first-order valence-corrected chi connectivity index (χ1v) is 7.43. The van der Waals surface area contributed by atoms with E-state index in [1.165, 1.54) is 27.8 Å². The number of aromatic nitrogens is 4. The number of hydrogen-bond acceptors (Lipinski definition) is 4. The molecule has 0 saturated heterocycles. The topological polar surface area (TPSA) is 81.8 Å². The van der Waals surface area contributed by atoms with Crippen LogP contribution >= 0.6 is 0 Å². The molecule has 7 nitrogen and oxygen atoms in total. The lowest BCUT2D eigenvalue weighted by Crippen LogP contribution is -2.33. The summed E-state index contributed by atoms with van der Waals surface area (Å²) in [5.74, 6) is -0.632. The van der Waals surface area contributed by atoms with Crippen molar-refractivity contribution in [3.8, 4) is 0 Å². The van der Waals surface area contributed by atoms with Crippen molar-refractivity contribution in [2.75, 3.05) is 6.54 Å². The van der Waals surface area contributed by atoms with Gasteiger partial charge in [-0.2, -0.15) is 5.10 Å². The van der Waals surface area contributed by atoms with E-state index in [4.69, 9.17) is 0 Å². The Balaban J connectivity index is 1.62. The molecule has 0 atom stereocenters. The molecule has 124 valence electrons. The molecular formula is C16H16FN5O2. The Hall–Kier alpha value is -3.03. The molecule has 1 amide bonds. The van der Waals surface area contributed by atoms with Crippen LogP contribution in [0.15, 0.2) is 41.6 Å². The predicted molar refractivity (Wildman–Crippen MR) is 85.9 cm³/mol. The van der Waals surface area contributed by atoms with Crippen molar-refractivity contribution in [2.24, 2.45) is 7.05 Å². The summed E-state index contributed by atoms with van der Waals surface area (Å²) in [7, 11) is 1.69. The van der Waals surface area contributed by atoms with Gasteiger partial charge >= 0.3 is 0 Å². The third-order valence-electron chi connectivity index (χ3n) is 3.71. The van der Waals surface area contributed by atoms with Gasteiger partial charge in [-0.25, -0.2) is 9.37 Å². The lowest BCUT2D eigenvalue weighted by atomic mass is 10.1. The van der Waals surface area contributed by atoms with Crippen LogP contribution in [-0.2, 0) is 24.8 Å². The van der Waals surface area contributed by atoms with Gasteiger partial charge in [0.25, 0.3) is 5.56 Å². The fourth-order valence-electron chi connectivity index (χ4n) is 2.43. The minimum atomic E-state index is -0.335. The first kappa shape index (κ1) is 15.9. The van der Waals surface area contributed by atoms with Crippen LogP contribution in [0.25, 0.3) is 11.0 Å². The van der Waals surface area contributed by atoms with E-state index in [2.05, 4.69) is 15.4 Å². The Morgan fingerprint density at radius 2 is 2.12 bits per heavy atom. The molecule has 0 aliphatic heterocycles. The van der Waals surface area contributed by atoms with Crippen LogP contribution in [0.1, 0.15) is 5.56 Å². The van der Waals surface area contributed by atoms with Crippen molar-refractivity contribution in [2.45, 2.75) is 13.0 Å². The number of amides is 1. The molecule has 24 heavy (non-hydrogen) atoms. The molecule has 0 saturated carbocycles. The Bertz CT molecular complexity index is 947. The minimum absolute atomic E-state index is 0.145. The lowest BCUT2D eigenvalue weighted by molar-refractivity contribution is -0.121. The number of nitrogens with one attached hydrogen (secondary N) is 1. The Labute approximate surface area is 136 Å². The second-order valence-corrected chi connectivity index (χ2v) is 5.37. The summed E-state index contributed by atoms with van der Waals surface area (Å²) in [6.07, 6.45) is 3.13. The van der Waals surface area contributed by atoms with Crippen molar-refractivity contribution in [3.63, 3.8) is 0 Å². The van der Waals surface area contributed by atoms with E-state index in [0.717, 1.165) is 0 Å². The number of aryl methyl sites for hydroxylation is 1. The molecule has 3 aromatic rings. The molecule has 0 aliphatic rings. The molecule has 0 bridgehead atoms. The van der Waals surface area contributed by atoms with Crippen molar-refractivity contribution in [1.82, 2.24) is 24.6 Å². The van der Waals surface area contributed by atoms with Crippen LogP contribution in [0.5, 0.6) is 0 Å². The van der Waals surface area contributed by atoms with Gasteiger partial charge in [0, 0.05) is 13.6 Å². The largest absolute Gasteiger partial charge is 0.354 e. The van der Waals surface area contributed by atoms with Gasteiger partial charge in [-0.15, -0.1) is 0 Å². The fraction of sp³-hybridized carbons (Fsp3) is 0.250. The maximum Gasteiger partial charge on any atom is 0.264 e. The van der Waals surface area contributed by atoms with Gasteiger partial charge in [-0.1, -0.05) is 18.2 Å². The van der Waals surface area contributed by atoms with Crippen molar-refractivity contribution in [3.05, 3.63) is 58.5 Å². The monoisotopic (exact) mass is 329 g/mol. The summed E-state index contributed by atoms with van der Waals surface area (Å²) in [5.41, 5.74) is 0.682. The lowest BCUT2D eigenvalue weighted by Gasteiger charge is -2.08. The standard InChI is InChI=1S/C16H16FN5O2/c1-21-15-12(8-20-21)16(24)22(10-19-15)9-14(23)18-7-6-11-4-2-3-5-13(11)17/h2-5,8,10H,6-7,9H2,1H3,(H,18,23). The van der Waals surface area contributed by atoms with Gasteiger partial charge < -0.3 is 5.32 Å². The quantitative estimate of drug-likeness (QED) is 0.744. The summed E-state index contributed by atoms with van der Waals surface area (Å²) >= 11 is 0. The first-order chi connectivity index (χ1) is 11.6. The summed E-state index contributed by atoms with van der Waals surface area (Å²) in [6.45, 7) is 0.144. The highest BCUT2D eigenvalue weighted by molar-refractivity contribution is 5.77. The van der Waals surface area contributed by atoms with Gasteiger partial charge in [-0.3, -0.25) is 18.8 Å². The highest BCUT2D eigenvalue weighted by Crippen LogP contribution is 2.06. The molecule has 0 aliphatic carbocycles. The summed E-state index contributed by atoms with van der Waals surface area (Å²) < 4.78 is 16.2. The number of halogens is 1. The second-order valence-electron chi connectivity index (χ2n) is 5.37. The molecule has 0 radical (unpaired) electrons. The first-order valence-electron chi connectivity index (χ1n) is 7.43. The number of fused-ring (bicyclic) bond motifs is 1. The average Bonchev–Trinajstić information content (AvgIpc) is 2.94. The molecule has 0 unspecified atom stereocenters. The molecule has 2 heterocycles. The van der Waals surface area contributed by atoms with E-state index in [0.29, 0.717) is 23.0 Å². The van der Waals surface area contributed by atoms with Gasteiger partial charge in [0.2, 0.25) is 5.91 Å². The zero-order chi connectivity index (χ0) is 17.1. The van der Waals surface area contributed by atoms with E-state index in [1.807, 2.05) is 0 Å². The number of nitrogens with zero attached hydrogens (tertiary/aromatic N) is 4. The summed E-state index contributed by atoms with van der Waals surface area (Å²) in [6, 6.07) is 6.41. The molecule has 8 heteroatoms. The normalized spacial score (nSPS) is 10.9. The van der Waals surface area contributed by atoms with E-state index in [9.17, 15) is 14.0 Å². The molecule has 0 spiro atoms. The van der Waals surface area contributed by atoms with Crippen LogP contribution < -0.4 is 10.9 Å². The van der Waals surface area contributed by atoms with Gasteiger partial charge in [0.05, 0.1) is 6.20 Å². The van der Waals surface area contributed by atoms with Crippen LogP contribution in [-0.4, -0.2) is 31.8 Å². The van der Waals surface area contributed by atoms with Crippen molar-refractivity contribution in [1.29, 1.82) is 0 Å². The van der Waals surface area contributed by atoms with E-state index in [-0.39, 0.29) is 30.4 Å². The molecule has 1 N–H and O–H groups in total. The van der Waals surface area contributed by atoms with Crippen molar-refractivity contribution < 1.29 is 9.18 Å². The number of rotatable bonds is 5. The zero-order valence-electron chi connectivity index (χ0n) is 13.1. The number of benzene rings is 1. The van der Waals surface area contributed by atoms with Gasteiger partial charge in [-0.05, 0) is 18.1 Å². The van der Waals surface area contributed by atoms with Crippen LogP contribution in [0.2, 0.25) is 0 Å². The Morgan fingerprint density at radius 3 is 2.92 bits per heavy atom. The van der Waals surface area contributed by atoms with Crippen LogP contribution in [0, 0.1) is 5.82 Å². The third kappa shape index (κ3) is 3.17.